The van der Waals surface area contributed by atoms with Crippen LogP contribution < -0.4 is 10.5 Å². The van der Waals surface area contributed by atoms with Gasteiger partial charge in [0.1, 0.15) is 22.9 Å². The topological polar surface area (TPSA) is 100 Å². The van der Waals surface area contributed by atoms with E-state index in [1.807, 2.05) is 32.9 Å². The molecule has 0 aromatic heterocycles. The Bertz CT molecular complexity index is 1050. The summed E-state index contributed by atoms with van der Waals surface area (Å²) in [5.74, 6) is 0.552. The van der Waals surface area contributed by atoms with Crippen LogP contribution in [0.2, 0.25) is 0 Å². The van der Waals surface area contributed by atoms with Crippen LogP contribution in [0.25, 0.3) is 10.8 Å². The van der Waals surface area contributed by atoms with Gasteiger partial charge in [-0.1, -0.05) is 6.07 Å². The summed E-state index contributed by atoms with van der Waals surface area (Å²) in [5.41, 5.74) is 9.67. The maximum Gasteiger partial charge on any atom is 0.153 e. The molecule has 145 valence electrons. The van der Waals surface area contributed by atoms with E-state index < -0.39 is 0 Å². The van der Waals surface area contributed by atoms with Crippen LogP contribution >= 0.6 is 0 Å². The number of benzene rings is 3. The van der Waals surface area contributed by atoms with Gasteiger partial charge in [-0.05, 0) is 61.0 Å². The third-order valence-corrected chi connectivity index (χ3v) is 4.30. The second-order valence-corrected chi connectivity index (χ2v) is 6.35. The van der Waals surface area contributed by atoms with E-state index in [9.17, 15) is 10.2 Å². The quantitative estimate of drug-likeness (QED) is 0.312. The molecule has 7 heteroatoms. The number of hydrogen-bond acceptors (Lipinski definition) is 6. The fraction of sp³-hybridized carbons (Fsp3) is 0.200. The maximum absolute atomic E-state index is 10.7. The number of nitrogen functional groups attached to an aromatic ring is 1. The van der Waals surface area contributed by atoms with Crippen LogP contribution in [-0.4, -0.2) is 17.3 Å². The summed E-state index contributed by atoms with van der Waals surface area (Å²) in [5, 5.41) is 30.4. The molecule has 0 aliphatic rings. The average Bonchev–Trinajstić information content (AvgIpc) is 2.55. The minimum atomic E-state index is -0.0279. The molecule has 3 rings (SSSR count). The number of nitrogens with two attached hydrogens (primary N) is 1. The van der Waals surface area contributed by atoms with Crippen LogP contribution in [0.3, 0.4) is 0 Å². The Balaban J connectivity index is 0.00000261. The molecule has 0 aliphatic heterocycles. The molecule has 3 aromatic rings. The first-order chi connectivity index (χ1) is 12.3. The molecular formula is C20H21CuN3O3. The van der Waals surface area contributed by atoms with Gasteiger partial charge in [0.2, 0.25) is 0 Å². The molecule has 0 aliphatic carbocycles. The number of azo groups is 1. The third kappa shape index (κ3) is 3.84. The fourth-order valence-electron chi connectivity index (χ4n) is 3.03. The zero-order valence-corrected chi connectivity index (χ0v) is 16.4. The predicted molar refractivity (Wildman–Crippen MR) is 103 cm³/mol. The molecule has 27 heavy (non-hydrogen) atoms. The molecule has 1 radical (unpaired) electrons. The molecule has 0 spiro atoms. The maximum atomic E-state index is 10.7. The first-order valence-electron chi connectivity index (χ1n) is 8.13. The summed E-state index contributed by atoms with van der Waals surface area (Å²) >= 11 is 0. The van der Waals surface area contributed by atoms with Crippen molar-refractivity contribution in [1.29, 1.82) is 0 Å². The smallest absolute Gasteiger partial charge is 0.153 e. The van der Waals surface area contributed by atoms with Gasteiger partial charge < -0.3 is 20.7 Å². The van der Waals surface area contributed by atoms with Gasteiger partial charge >= 0.3 is 0 Å². The zero-order valence-electron chi connectivity index (χ0n) is 15.5. The summed E-state index contributed by atoms with van der Waals surface area (Å²) in [6.45, 7) is 5.61. The summed E-state index contributed by atoms with van der Waals surface area (Å²) in [6.07, 6.45) is 0. The zero-order chi connectivity index (χ0) is 19.0. The van der Waals surface area contributed by atoms with Gasteiger partial charge in [0.15, 0.2) is 5.75 Å². The van der Waals surface area contributed by atoms with Crippen molar-refractivity contribution in [2.24, 2.45) is 10.2 Å². The first kappa shape index (κ1) is 20.6. The Morgan fingerprint density at radius 2 is 1.63 bits per heavy atom. The standard InChI is InChI=1S/C20H21N3O3.Cu/c1-10-5-13-7-12(3)19(20(25)18(13)14(21)6-10)23-22-15-9-17(26-4)11(2)8-16(15)24;/h5-9,24-25H,21H2,1-4H3;. The number of anilines is 1. The van der Waals surface area contributed by atoms with E-state index in [2.05, 4.69) is 10.2 Å². The van der Waals surface area contributed by atoms with Crippen molar-refractivity contribution in [3.63, 3.8) is 0 Å². The third-order valence-electron chi connectivity index (χ3n) is 4.30. The van der Waals surface area contributed by atoms with Gasteiger partial charge in [-0.2, -0.15) is 0 Å². The van der Waals surface area contributed by atoms with Gasteiger partial charge in [0.25, 0.3) is 0 Å². The van der Waals surface area contributed by atoms with Crippen LogP contribution in [0.4, 0.5) is 17.1 Å². The molecule has 0 atom stereocenters. The van der Waals surface area contributed by atoms with Crippen molar-refractivity contribution in [2.75, 3.05) is 12.8 Å². The van der Waals surface area contributed by atoms with Crippen LogP contribution in [0.15, 0.2) is 40.6 Å². The number of rotatable bonds is 3. The minimum Gasteiger partial charge on any atom is -0.506 e. The van der Waals surface area contributed by atoms with E-state index in [0.717, 1.165) is 22.1 Å². The molecule has 6 nitrogen and oxygen atoms in total. The molecule has 0 heterocycles. The fourth-order valence-corrected chi connectivity index (χ4v) is 3.03. The van der Waals surface area contributed by atoms with E-state index in [4.69, 9.17) is 10.5 Å². The molecule has 0 saturated heterocycles. The van der Waals surface area contributed by atoms with Crippen molar-refractivity contribution in [3.8, 4) is 17.2 Å². The van der Waals surface area contributed by atoms with Gasteiger partial charge in [-0.15, -0.1) is 10.2 Å². The van der Waals surface area contributed by atoms with Crippen molar-refractivity contribution < 1.29 is 32.0 Å². The number of fused-ring (bicyclic) bond motifs is 1. The number of ether oxygens (including phenoxy) is 1. The Labute approximate surface area is 168 Å². The van der Waals surface area contributed by atoms with E-state index in [-0.39, 0.29) is 34.3 Å². The molecule has 3 aromatic carbocycles. The Morgan fingerprint density at radius 3 is 2.30 bits per heavy atom. The van der Waals surface area contributed by atoms with Crippen LogP contribution in [-0.2, 0) is 17.1 Å². The number of aromatic hydroxyl groups is 2. The minimum absolute atomic E-state index is 0. The van der Waals surface area contributed by atoms with E-state index in [0.29, 0.717) is 22.5 Å². The number of aryl methyl sites for hydroxylation is 3. The predicted octanol–water partition coefficient (Wildman–Crippen LogP) is 5.18. The Hall–Kier alpha value is -2.76. The Morgan fingerprint density at radius 1 is 0.926 bits per heavy atom. The van der Waals surface area contributed by atoms with Crippen molar-refractivity contribution >= 4 is 27.8 Å². The molecule has 0 saturated carbocycles. The average molecular weight is 415 g/mol. The van der Waals surface area contributed by atoms with Crippen molar-refractivity contribution in [3.05, 3.63) is 47.0 Å². The van der Waals surface area contributed by atoms with Crippen LogP contribution in [0.1, 0.15) is 16.7 Å². The number of phenolic OH excluding ortho intramolecular Hbond substituents is 2. The van der Waals surface area contributed by atoms with Gasteiger partial charge in [-0.25, -0.2) is 0 Å². The van der Waals surface area contributed by atoms with Gasteiger partial charge in [0, 0.05) is 34.2 Å². The second-order valence-electron chi connectivity index (χ2n) is 6.35. The number of hydrogen-bond donors (Lipinski definition) is 3. The van der Waals surface area contributed by atoms with E-state index >= 15 is 0 Å². The largest absolute Gasteiger partial charge is 0.506 e. The molecule has 0 unspecified atom stereocenters. The number of methoxy groups -OCH3 is 1. The van der Waals surface area contributed by atoms with E-state index in [1.165, 1.54) is 0 Å². The normalized spacial score (nSPS) is 11.0. The molecule has 0 amide bonds. The van der Waals surface area contributed by atoms with Gasteiger partial charge in [-0.3, -0.25) is 0 Å². The monoisotopic (exact) mass is 414 g/mol. The molecular weight excluding hydrogens is 394 g/mol. The number of nitrogens with zero attached hydrogens (tertiary/aromatic N) is 2. The molecule has 4 N–H and O–H groups in total. The summed E-state index contributed by atoms with van der Waals surface area (Å²) in [7, 11) is 1.55. The second kappa shape index (κ2) is 7.86. The summed E-state index contributed by atoms with van der Waals surface area (Å²) in [4.78, 5) is 0. The van der Waals surface area contributed by atoms with Crippen molar-refractivity contribution in [1.82, 2.24) is 0 Å². The van der Waals surface area contributed by atoms with Crippen LogP contribution in [0, 0.1) is 20.8 Å². The molecule has 0 fully saturated rings. The molecule has 0 bridgehead atoms. The van der Waals surface area contributed by atoms with Crippen molar-refractivity contribution in [2.45, 2.75) is 20.8 Å². The first-order valence-corrected chi connectivity index (χ1v) is 8.13. The van der Waals surface area contributed by atoms with Crippen LogP contribution in [0.5, 0.6) is 17.2 Å². The SMILES string of the molecule is COc1cc(N=Nc2c(C)cc3cc(C)cc(N)c3c2O)c(O)cc1C.[Cu]. The summed E-state index contributed by atoms with van der Waals surface area (Å²) < 4.78 is 5.25. The Kier molecular flexibility index (Phi) is 5.98. The van der Waals surface area contributed by atoms with Gasteiger partial charge in [0.05, 0.1) is 7.11 Å². The summed E-state index contributed by atoms with van der Waals surface area (Å²) in [6, 6.07) is 8.81. The number of phenols is 2. The van der Waals surface area contributed by atoms with E-state index in [1.54, 1.807) is 25.3 Å².